The van der Waals surface area contributed by atoms with Crippen molar-refractivity contribution in [3.63, 3.8) is 0 Å². The zero-order chi connectivity index (χ0) is 26.3. The van der Waals surface area contributed by atoms with Crippen molar-refractivity contribution in [2.45, 2.75) is 17.5 Å². The molecule has 0 bridgehead atoms. The standard InChI is InChI=1S/C16H15F2N3O4S/c1-23-13-5-6-19-12(14(13)24-2)8-26(22)16-20-10-4-3-9(25-15(17)18)7-11(10)21-16/h3-7,15H,8H2,1-2H3,(H,20,21)/i1D3,2D3,5D,6D,15D. The molecule has 2 aromatic heterocycles. The Bertz CT molecular complexity index is 1280. The van der Waals surface area contributed by atoms with E-state index in [2.05, 4.69) is 24.4 Å². The fourth-order valence-corrected chi connectivity index (χ4v) is 3.08. The number of ether oxygens (including phenoxy) is 3. The van der Waals surface area contributed by atoms with Gasteiger partial charge in [-0.1, -0.05) is 0 Å². The molecule has 0 radical (unpaired) electrons. The highest BCUT2D eigenvalue weighted by Gasteiger charge is 2.17. The van der Waals surface area contributed by atoms with Crippen LogP contribution in [0.3, 0.4) is 0 Å². The highest BCUT2D eigenvalue weighted by Crippen LogP contribution is 2.30. The minimum atomic E-state index is -4.18. The molecule has 0 aliphatic rings. The molecule has 3 aromatic rings. The van der Waals surface area contributed by atoms with Gasteiger partial charge in [0.05, 0.1) is 58.3 Å². The maximum Gasteiger partial charge on any atom is 0.387 e. The number of pyridine rings is 1. The lowest BCUT2D eigenvalue weighted by molar-refractivity contribution is -0.0497. The van der Waals surface area contributed by atoms with Crippen molar-refractivity contribution >= 4 is 21.8 Å². The molecule has 0 saturated carbocycles. The summed E-state index contributed by atoms with van der Waals surface area (Å²) in [6.07, 6.45) is -0.795. The average Bonchev–Trinajstić information content (AvgIpc) is 3.09. The van der Waals surface area contributed by atoms with Crippen LogP contribution in [0.1, 0.15) is 18.0 Å². The Morgan fingerprint density at radius 1 is 1.42 bits per heavy atom. The molecule has 0 fully saturated rings. The molecule has 0 aliphatic carbocycles. The predicted octanol–water partition coefficient (Wildman–Crippen LogP) is 2.88. The number of rotatable bonds is 7. The van der Waals surface area contributed by atoms with Gasteiger partial charge in [0, 0.05) is 18.3 Å². The Balaban J connectivity index is 2.00. The largest absolute Gasteiger partial charge is 0.493 e. The number of aromatic nitrogens is 3. The molecule has 1 aromatic carbocycles. The first kappa shape index (κ1) is 9.81. The van der Waals surface area contributed by atoms with Crippen molar-refractivity contribution in [1.82, 2.24) is 15.0 Å². The van der Waals surface area contributed by atoms with Gasteiger partial charge in [0.2, 0.25) is 0 Å². The van der Waals surface area contributed by atoms with E-state index in [0.717, 1.165) is 12.1 Å². The molecule has 0 saturated heterocycles. The molecule has 7 nitrogen and oxygen atoms in total. The Labute approximate surface area is 162 Å². The van der Waals surface area contributed by atoms with Crippen molar-refractivity contribution in [1.29, 1.82) is 0 Å². The number of hydrogen-bond acceptors (Lipinski definition) is 6. The molecule has 0 aliphatic heterocycles. The summed E-state index contributed by atoms with van der Waals surface area (Å²) in [6, 6.07) is 2.59. The molecule has 2 heterocycles. The molecular formula is C16H15F2N3O4S. The number of aromatic amines is 1. The van der Waals surface area contributed by atoms with Crippen LogP contribution in [0.15, 0.2) is 35.6 Å². The number of fused-ring (bicyclic) bond motifs is 1. The summed E-state index contributed by atoms with van der Waals surface area (Å²) in [5.74, 6) is -2.72. The highest BCUT2D eigenvalue weighted by atomic mass is 32.2. The summed E-state index contributed by atoms with van der Waals surface area (Å²) in [4.78, 5) is 10.4. The van der Waals surface area contributed by atoms with E-state index in [-0.39, 0.29) is 21.9 Å². The van der Waals surface area contributed by atoms with Crippen LogP contribution in [-0.4, -0.2) is 39.8 Å². The first-order chi connectivity index (χ1) is 15.9. The van der Waals surface area contributed by atoms with Crippen molar-refractivity contribution < 1.29 is 39.5 Å². The van der Waals surface area contributed by atoms with Gasteiger partial charge in [-0.2, -0.15) is 8.78 Å². The third kappa shape index (κ3) is 3.74. The maximum absolute atomic E-state index is 12.9. The topological polar surface area (TPSA) is 86.3 Å². The molecule has 1 unspecified atom stereocenters. The Hall–Kier alpha value is -2.75. The minimum Gasteiger partial charge on any atom is -0.493 e. The van der Waals surface area contributed by atoms with Crippen LogP contribution >= 0.6 is 0 Å². The lowest BCUT2D eigenvalue weighted by Gasteiger charge is -2.10. The maximum atomic E-state index is 12.9. The van der Waals surface area contributed by atoms with E-state index in [1.165, 1.54) is 6.07 Å². The second-order valence-corrected chi connectivity index (χ2v) is 6.06. The normalized spacial score (nSPS) is 18.8. The molecule has 1 N–H and O–H groups in total. The van der Waals surface area contributed by atoms with Gasteiger partial charge in [-0.15, -0.1) is 0 Å². The van der Waals surface area contributed by atoms with Crippen LogP contribution in [-0.2, 0) is 16.6 Å². The minimum absolute atomic E-state index is 0.121. The smallest absolute Gasteiger partial charge is 0.387 e. The first-order valence-corrected chi connectivity index (χ1v) is 8.07. The zero-order valence-electron chi connectivity index (χ0n) is 21.6. The van der Waals surface area contributed by atoms with E-state index >= 15 is 0 Å². The van der Waals surface area contributed by atoms with E-state index < -0.39 is 66.6 Å². The number of nitrogens with zero attached hydrogens (tertiary/aromatic N) is 2. The van der Waals surface area contributed by atoms with Gasteiger partial charge >= 0.3 is 6.59 Å². The van der Waals surface area contributed by atoms with Crippen molar-refractivity contribution in [2.75, 3.05) is 14.1 Å². The lowest BCUT2D eigenvalue weighted by Crippen LogP contribution is -2.04. The van der Waals surface area contributed by atoms with E-state index in [9.17, 15) is 13.0 Å². The molecule has 26 heavy (non-hydrogen) atoms. The van der Waals surface area contributed by atoms with Gasteiger partial charge in [-0.25, -0.2) is 4.98 Å². The van der Waals surface area contributed by atoms with Gasteiger partial charge in [0.25, 0.3) is 0 Å². The van der Waals surface area contributed by atoms with Gasteiger partial charge in [0.1, 0.15) is 5.75 Å². The average molecular weight is 392 g/mol. The number of alkyl halides is 2. The molecule has 138 valence electrons. The van der Waals surface area contributed by atoms with Crippen LogP contribution in [0.5, 0.6) is 17.2 Å². The second kappa shape index (κ2) is 7.65. The summed E-state index contributed by atoms with van der Waals surface area (Å²) in [5.41, 5.74) is -0.149. The van der Waals surface area contributed by atoms with Crippen LogP contribution < -0.4 is 14.2 Å². The number of imidazole rings is 1. The third-order valence-electron chi connectivity index (χ3n) is 3.14. The summed E-state index contributed by atoms with van der Waals surface area (Å²) in [5, 5.41) is -0.212. The van der Waals surface area contributed by atoms with E-state index in [0.29, 0.717) is 0 Å². The Kier molecular flexibility index (Phi) is 2.89. The Morgan fingerprint density at radius 2 is 2.27 bits per heavy atom. The molecule has 0 spiro atoms. The lowest BCUT2D eigenvalue weighted by atomic mass is 10.3. The van der Waals surface area contributed by atoms with Gasteiger partial charge in [-0.3, -0.25) is 9.19 Å². The second-order valence-electron chi connectivity index (χ2n) is 4.70. The van der Waals surface area contributed by atoms with Crippen LogP contribution in [0, 0.1) is 0 Å². The summed E-state index contributed by atoms with van der Waals surface area (Å²) < 4.78 is 118. The van der Waals surface area contributed by atoms with E-state index in [4.69, 9.17) is 17.1 Å². The van der Waals surface area contributed by atoms with Gasteiger partial charge in [-0.05, 0) is 12.1 Å². The quantitative estimate of drug-likeness (QED) is 0.665. The molecule has 10 heteroatoms. The first-order valence-electron chi connectivity index (χ1n) is 11.2. The fourth-order valence-electron chi connectivity index (χ4n) is 2.08. The number of H-pyrrole nitrogens is 1. The van der Waals surface area contributed by atoms with Crippen LogP contribution in [0.2, 0.25) is 0 Å². The number of benzene rings is 1. The van der Waals surface area contributed by atoms with Crippen molar-refractivity contribution in [2.24, 2.45) is 0 Å². The summed E-state index contributed by atoms with van der Waals surface area (Å²) in [6.45, 7) is -4.18. The third-order valence-corrected chi connectivity index (χ3v) is 4.30. The molecule has 1 atom stereocenters. The van der Waals surface area contributed by atoms with Crippen molar-refractivity contribution in [3.05, 3.63) is 36.1 Å². The number of halogens is 2. The van der Waals surface area contributed by atoms with Crippen LogP contribution in [0.25, 0.3) is 11.0 Å². The van der Waals surface area contributed by atoms with Crippen molar-refractivity contribution in [3.8, 4) is 17.2 Å². The highest BCUT2D eigenvalue weighted by molar-refractivity contribution is 7.84. The molecule has 0 amide bonds. The molecular weight excluding hydrogens is 368 g/mol. The summed E-state index contributed by atoms with van der Waals surface area (Å²) in [7, 11) is -8.42. The number of methoxy groups -OCH3 is 2. The summed E-state index contributed by atoms with van der Waals surface area (Å²) >= 11 is 0. The van der Waals surface area contributed by atoms with Gasteiger partial charge in [0.15, 0.2) is 18.0 Å². The predicted molar refractivity (Wildman–Crippen MR) is 90.2 cm³/mol. The van der Waals surface area contributed by atoms with E-state index in [1.54, 1.807) is 0 Å². The fraction of sp³-hybridized carbons (Fsp3) is 0.250. The zero-order valence-corrected chi connectivity index (χ0v) is 13.4. The monoisotopic (exact) mass is 392 g/mol. The number of hydrogen-bond donors (Lipinski definition) is 1. The Morgan fingerprint density at radius 3 is 3.04 bits per heavy atom. The van der Waals surface area contributed by atoms with Crippen LogP contribution in [0.4, 0.5) is 8.78 Å². The van der Waals surface area contributed by atoms with Gasteiger partial charge < -0.3 is 19.2 Å². The number of nitrogens with one attached hydrogen (secondary N) is 1. The van der Waals surface area contributed by atoms with E-state index in [1.807, 2.05) is 0 Å². The SMILES string of the molecule is [2H]c1nc(CS(=O)c2nc3ccc(OC([2H])(F)F)cc3[nH]2)c(OC([2H])([2H])[2H])c(OC([2H])([2H])[2H])c1[2H]. The molecule has 3 rings (SSSR count).